The van der Waals surface area contributed by atoms with Gasteiger partial charge in [-0.3, -0.25) is 4.57 Å². The molecule has 4 heteroatoms. The number of hydrogen-bond acceptors (Lipinski definition) is 3. The summed E-state index contributed by atoms with van der Waals surface area (Å²) < 4.78 is 14.4. The van der Waals surface area contributed by atoms with Gasteiger partial charge in [0.15, 0.2) is 0 Å². The molecular formula is C11H27NO2Si. The minimum Gasteiger partial charge on any atom is -0.383 e. The fraction of sp³-hybridized carbons (Fsp3) is 1.00. The Hall–Kier alpha value is 0.0969. The molecule has 0 unspecified atom stereocenters. The number of hydrogen-bond donors (Lipinski definition) is 0. The molecule has 0 aliphatic rings. The van der Waals surface area contributed by atoms with Gasteiger partial charge >= 0.3 is 8.72 Å². The molecule has 0 saturated carbocycles. The third-order valence-corrected chi connectivity index (χ3v) is 7.01. The summed E-state index contributed by atoms with van der Waals surface area (Å²) in [5, 5.41) is 0. The Kier molecular flexibility index (Phi) is 7.43. The average Bonchev–Trinajstić information content (AvgIpc) is 2.19. The molecule has 0 aromatic heterocycles. The van der Waals surface area contributed by atoms with Crippen molar-refractivity contribution in [3.63, 3.8) is 0 Å². The van der Waals surface area contributed by atoms with Gasteiger partial charge in [0.2, 0.25) is 0 Å². The molecule has 0 amide bonds. The Morgan fingerprint density at radius 2 is 1.33 bits per heavy atom. The van der Waals surface area contributed by atoms with E-state index in [1.807, 2.05) is 13.8 Å². The summed E-state index contributed by atoms with van der Waals surface area (Å²) in [5.41, 5.74) is 0.456. The molecule has 0 fully saturated rings. The van der Waals surface area contributed by atoms with Crippen LogP contribution in [0.2, 0.25) is 5.54 Å². The fourth-order valence-corrected chi connectivity index (χ4v) is 5.55. The standard InChI is InChI=1S/C11H27NO2Si/c1-7-12(8-2)15(11(5)6,13-9-3)14-10-4/h11H,7-10H2,1-6H3. The van der Waals surface area contributed by atoms with Crippen LogP contribution in [0.4, 0.5) is 0 Å². The van der Waals surface area contributed by atoms with Crippen LogP contribution in [0.3, 0.4) is 0 Å². The average molecular weight is 233 g/mol. The van der Waals surface area contributed by atoms with Crippen molar-refractivity contribution in [1.29, 1.82) is 0 Å². The van der Waals surface area contributed by atoms with Crippen LogP contribution in [0.25, 0.3) is 0 Å². The normalized spacial score (nSPS) is 12.8. The van der Waals surface area contributed by atoms with Crippen molar-refractivity contribution in [2.75, 3.05) is 26.3 Å². The van der Waals surface area contributed by atoms with Crippen LogP contribution in [0.5, 0.6) is 0 Å². The van der Waals surface area contributed by atoms with Crippen LogP contribution >= 0.6 is 0 Å². The van der Waals surface area contributed by atoms with Gasteiger partial charge in [0, 0.05) is 18.8 Å². The Morgan fingerprint density at radius 3 is 1.53 bits per heavy atom. The molecule has 0 rings (SSSR count). The highest BCUT2D eigenvalue weighted by molar-refractivity contribution is 6.66. The van der Waals surface area contributed by atoms with Crippen molar-refractivity contribution in [3.05, 3.63) is 0 Å². The molecule has 0 bridgehead atoms. The summed E-state index contributed by atoms with van der Waals surface area (Å²) in [7, 11) is -2.17. The summed E-state index contributed by atoms with van der Waals surface area (Å²) >= 11 is 0. The molecule has 0 atom stereocenters. The molecule has 0 aliphatic carbocycles. The Labute approximate surface area is 96.1 Å². The third kappa shape index (κ3) is 3.55. The van der Waals surface area contributed by atoms with Crippen molar-refractivity contribution in [1.82, 2.24) is 4.57 Å². The maximum absolute atomic E-state index is 6.02. The minimum absolute atomic E-state index is 0.456. The van der Waals surface area contributed by atoms with E-state index in [9.17, 15) is 0 Å². The van der Waals surface area contributed by atoms with E-state index in [1.165, 1.54) is 0 Å². The fourth-order valence-electron chi connectivity index (χ4n) is 2.00. The van der Waals surface area contributed by atoms with Crippen LogP contribution in [0.1, 0.15) is 41.5 Å². The van der Waals surface area contributed by atoms with Gasteiger partial charge < -0.3 is 8.85 Å². The predicted molar refractivity (Wildman–Crippen MR) is 67.0 cm³/mol. The first-order chi connectivity index (χ1) is 7.08. The highest BCUT2D eigenvalue weighted by Gasteiger charge is 2.46. The van der Waals surface area contributed by atoms with Gasteiger partial charge in [0.25, 0.3) is 0 Å². The second-order valence-corrected chi connectivity index (χ2v) is 7.45. The quantitative estimate of drug-likeness (QED) is 0.602. The molecule has 15 heavy (non-hydrogen) atoms. The number of nitrogens with zero attached hydrogens (tertiary/aromatic N) is 1. The molecule has 92 valence electrons. The topological polar surface area (TPSA) is 21.7 Å². The van der Waals surface area contributed by atoms with E-state index < -0.39 is 8.72 Å². The van der Waals surface area contributed by atoms with Crippen LogP contribution in [0, 0.1) is 0 Å². The van der Waals surface area contributed by atoms with E-state index in [2.05, 4.69) is 32.3 Å². The van der Waals surface area contributed by atoms with Gasteiger partial charge in [0.05, 0.1) is 0 Å². The SMILES string of the molecule is CCO[Si](OCC)(C(C)C)N(CC)CC. The molecule has 0 aliphatic heterocycles. The largest absolute Gasteiger partial charge is 0.430 e. The lowest BCUT2D eigenvalue weighted by atomic mass is 10.6. The number of rotatable bonds is 8. The van der Waals surface area contributed by atoms with Crippen molar-refractivity contribution in [3.8, 4) is 0 Å². The zero-order valence-electron chi connectivity index (χ0n) is 11.2. The molecule has 0 spiro atoms. The molecule has 0 aromatic carbocycles. The van der Waals surface area contributed by atoms with Gasteiger partial charge in [-0.2, -0.15) is 0 Å². The van der Waals surface area contributed by atoms with Gasteiger partial charge in [-0.05, 0) is 26.9 Å². The van der Waals surface area contributed by atoms with E-state index in [-0.39, 0.29) is 0 Å². The van der Waals surface area contributed by atoms with Crippen molar-refractivity contribution < 1.29 is 8.85 Å². The van der Waals surface area contributed by atoms with Crippen LogP contribution in [-0.2, 0) is 8.85 Å². The third-order valence-electron chi connectivity index (χ3n) is 2.64. The zero-order chi connectivity index (χ0) is 11.9. The first-order valence-electron chi connectivity index (χ1n) is 6.11. The summed E-state index contributed by atoms with van der Waals surface area (Å²) in [6.07, 6.45) is 0. The highest BCUT2D eigenvalue weighted by Crippen LogP contribution is 2.27. The summed E-state index contributed by atoms with van der Waals surface area (Å²) in [4.78, 5) is 0. The van der Waals surface area contributed by atoms with Gasteiger partial charge in [0.1, 0.15) is 0 Å². The first kappa shape index (κ1) is 15.1. The molecule has 0 aromatic rings. The zero-order valence-corrected chi connectivity index (χ0v) is 12.2. The minimum atomic E-state index is -2.17. The van der Waals surface area contributed by atoms with Gasteiger partial charge in [-0.25, -0.2) is 0 Å². The van der Waals surface area contributed by atoms with Crippen LogP contribution in [-0.4, -0.2) is 39.6 Å². The smallest absolute Gasteiger partial charge is 0.383 e. The summed E-state index contributed by atoms with van der Waals surface area (Å²) in [6.45, 7) is 16.3. The van der Waals surface area contributed by atoms with Gasteiger partial charge in [-0.15, -0.1) is 0 Å². The molecule has 0 heterocycles. The second-order valence-electron chi connectivity index (χ2n) is 3.82. The Bertz CT molecular complexity index is 155. The molecule has 0 radical (unpaired) electrons. The lowest BCUT2D eigenvalue weighted by Gasteiger charge is -2.41. The monoisotopic (exact) mass is 233 g/mol. The van der Waals surface area contributed by atoms with E-state index in [4.69, 9.17) is 8.85 Å². The molecule has 0 saturated heterocycles. The first-order valence-corrected chi connectivity index (χ1v) is 7.95. The van der Waals surface area contributed by atoms with Crippen LogP contribution < -0.4 is 0 Å². The highest BCUT2D eigenvalue weighted by atomic mass is 28.4. The van der Waals surface area contributed by atoms with Crippen molar-refractivity contribution in [2.24, 2.45) is 0 Å². The predicted octanol–water partition coefficient (Wildman–Crippen LogP) is 2.75. The van der Waals surface area contributed by atoms with E-state index >= 15 is 0 Å². The lowest BCUT2D eigenvalue weighted by Crippen LogP contribution is -2.60. The Morgan fingerprint density at radius 1 is 0.933 bits per heavy atom. The van der Waals surface area contributed by atoms with Gasteiger partial charge in [-0.1, -0.05) is 27.7 Å². The van der Waals surface area contributed by atoms with Crippen LogP contribution in [0.15, 0.2) is 0 Å². The van der Waals surface area contributed by atoms with E-state index in [0.717, 1.165) is 26.3 Å². The second kappa shape index (κ2) is 7.38. The van der Waals surface area contributed by atoms with Crippen molar-refractivity contribution in [2.45, 2.75) is 47.1 Å². The maximum atomic E-state index is 6.02. The van der Waals surface area contributed by atoms with Crippen molar-refractivity contribution >= 4 is 8.72 Å². The Balaban J connectivity index is 4.89. The molecular weight excluding hydrogens is 206 g/mol. The maximum Gasteiger partial charge on any atom is 0.430 e. The lowest BCUT2D eigenvalue weighted by molar-refractivity contribution is 0.116. The summed E-state index contributed by atoms with van der Waals surface area (Å²) in [6, 6.07) is 0. The summed E-state index contributed by atoms with van der Waals surface area (Å²) in [5.74, 6) is 0. The van der Waals surface area contributed by atoms with E-state index in [1.54, 1.807) is 0 Å². The molecule has 3 nitrogen and oxygen atoms in total. The van der Waals surface area contributed by atoms with E-state index in [0.29, 0.717) is 5.54 Å². The molecule has 0 N–H and O–H groups in total.